The van der Waals surface area contributed by atoms with E-state index in [1.54, 1.807) is 0 Å². The van der Waals surface area contributed by atoms with Crippen LogP contribution in [0.4, 0.5) is 0 Å². The molecule has 8 heavy (non-hydrogen) atoms. The third kappa shape index (κ3) is 5.04. The summed E-state index contributed by atoms with van der Waals surface area (Å²) in [6.45, 7) is 0.823. The largest absolute Gasteiger partial charge is 0.227 e. The van der Waals surface area contributed by atoms with E-state index in [0.717, 1.165) is 0 Å². The Labute approximate surface area is 49.6 Å². The van der Waals surface area contributed by atoms with Crippen molar-refractivity contribution in [3.05, 3.63) is 0 Å². The summed E-state index contributed by atoms with van der Waals surface area (Å²) in [5.74, 6) is 4.68. The molecule has 0 saturated heterocycles. The van der Waals surface area contributed by atoms with Gasteiger partial charge in [-0.1, -0.05) is 11.8 Å². The maximum Gasteiger partial charge on any atom is 0.0912 e. The van der Waals surface area contributed by atoms with Crippen LogP contribution in [0.15, 0.2) is 0 Å². The molecular weight excluding hydrogens is 100 g/mol. The standard InChI is InChI=1S/C6H7N2/c1-3-5-7-8-6-4-2/h1-2,7H,5-6H2. The topological polar surface area (TPSA) is 26.1 Å². The van der Waals surface area contributed by atoms with Crippen LogP contribution in [0, 0.1) is 24.7 Å². The third-order valence-corrected chi connectivity index (χ3v) is 0.463. The van der Waals surface area contributed by atoms with Crippen molar-refractivity contribution < 1.29 is 0 Å². The zero-order valence-corrected chi connectivity index (χ0v) is 4.52. The van der Waals surface area contributed by atoms with Gasteiger partial charge in [0.2, 0.25) is 0 Å². The van der Waals surface area contributed by atoms with E-state index in [4.69, 9.17) is 12.8 Å². The number of nitrogens with one attached hydrogen (secondary N) is 1. The zero-order chi connectivity index (χ0) is 6.24. The van der Waals surface area contributed by atoms with E-state index in [-0.39, 0.29) is 0 Å². The molecular formula is C6H7N2. The number of nitrogens with zero attached hydrogens (tertiary/aromatic N) is 1. The highest BCUT2D eigenvalue weighted by Gasteiger charge is 1.75. The summed E-state index contributed by atoms with van der Waals surface area (Å²) in [6, 6.07) is 0. The lowest BCUT2D eigenvalue weighted by Crippen LogP contribution is -2.24. The van der Waals surface area contributed by atoms with Crippen LogP contribution in [0.1, 0.15) is 0 Å². The Bertz CT molecular complexity index is 99.5. The molecule has 0 unspecified atom stereocenters. The number of hydrogen-bond donors (Lipinski definition) is 1. The van der Waals surface area contributed by atoms with E-state index < -0.39 is 0 Å². The molecule has 0 atom stereocenters. The van der Waals surface area contributed by atoms with Gasteiger partial charge in [-0.25, -0.2) is 5.43 Å². The van der Waals surface area contributed by atoms with E-state index >= 15 is 0 Å². The molecule has 0 spiro atoms. The Hall–Kier alpha value is -0.960. The first-order valence-electron chi connectivity index (χ1n) is 2.18. The van der Waals surface area contributed by atoms with Crippen molar-refractivity contribution in [2.75, 3.05) is 13.1 Å². The van der Waals surface area contributed by atoms with Gasteiger partial charge in [0.15, 0.2) is 0 Å². The van der Waals surface area contributed by atoms with Crippen LogP contribution in [0.2, 0.25) is 0 Å². The van der Waals surface area contributed by atoms with Crippen molar-refractivity contribution in [1.29, 1.82) is 0 Å². The maximum absolute atomic E-state index is 4.89. The van der Waals surface area contributed by atoms with Gasteiger partial charge < -0.3 is 0 Å². The van der Waals surface area contributed by atoms with Crippen LogP contribution in [0.3, 0.4) is 0 Å². The number of hydrogen-bond acceptors (Lipinski definition) is 1. The van der Waals surface area contributed by atoms with Gasteiger partial charge in [0.05, 0.1) is 13.1 Å². The molecule has 0 aromatic rings. The minimum Gasteiger partial charge on any atom is -0.227 e. The maximum atomic E-state index is 4.89. The summed E-state index contributed by atoms with van der Waals surface area (Å²) in [5.41, 5.74) is 6.23. The average Bonchev–Trinajstić information content (AvgIpc) is 1.81. The molecule has 0 aromatic heterocycles. The molecule has 0 rings (SSSR count). The van der Waals surface area contributed by atoms with Gasteiger partial charge in [-0.15, -0.1) is 12.8 Å². The number of rotatable bonds is 3. The lowest BCUT2D eigenvalue weighted by atomic mass is 10.7. The summed E-state index contributed by atoms with van der Waals surface area (Å²) in [4.78, 5) is 0. The fourth-order valence-electron chi connectivity index (χ4n) is 0.203. The second kappa shape index (κ2) is 6.04. The molecule has 0 aliphatic rings. The van der Waals surface area contributed by atoms with Crippen molar-refractivity contribution in [3.8, 4) is 24.7 Å². The second-order valence-corrected chi connectivity index (χ2v) is 1.06. The molecule has 2 heteroatoms. The normalized spacial score (nSPS) is 7.25. The third-order valence-electron chi connectivity index (χ3n) is 0.463. The van der Waals surface area contributed by atoms with Crippen LogP contribution >= 0.6 is 0 Å². The Morgan fingerprint density at radius 3 is 2.62 bits per heavy atom. The van der Waals surface area contributed by atoms with Gasteiger partial charge >= 0.3 is 0 Å². The van der Waals surface area contributed by atoms with E-state index in [9.17, 15) is 0 Å². The Kier molecular flexibility index (Phi) is 5.32. The minimum atomic E-state index is 0.377. The average molecular weight is 107 g/mol. The van der Waals surface area contributed by atoms with Crippen LogP contribution < -0.4 is 10.9 Å². The predicted molar refractivity (Wildman–Crippen MR) is 32.7 cm³/mol. The van der Waals surface area contributed by atoms with E-state index in [2.05, 4.69) is 22.7 Å². The van der Waals surface area contributed by atoms with Gasteiger partial charge in [-0.2, -0.15) is 5.43 Å². The molecule has 0 aliphatic heterocycles. The van der Waals surface area contributed by atoms with Gasteiger partial charge in [-0.3, -0.25) is 0 Å². The molecule has 41 valence electrons. The highest BCUT2D eigenvalue weighted by Crippen LogP contribution is 1.50. The fourth-order valence-corrected chi connectivity index (χ4v) is 0.203. The quantitative estimate of drug-likeness (QED) is 0.290. The Morgan fingerprint density at radius 2 is 2.12 bits per heavy atom. The molecule has 0 aromatic carbocycles. The van der Waals surface area contributed by atoms with Gasteiger partial charge in [0.1, 0.15) is 0 Å². The van der Waals surface area contributed by atoms with E-state index in [1.165, 1.54) is 0 Å². The van der Waals surface area contributed by atoms with Gasteiger partial charge in [0.25, 0.3) is 0 Å². The lowest BCUT2D eigenvalue weighted by Gasteiger charge is -1.91. The first-order valence-corrected chi connectivity index (χ1v) is 2.18. The summed E-state index contributed by atoms with van der Waals surface area (Å²) < 4.78 is 0. The first-order chi connectivity index (χ1) is 3.91. The molecule has 1 radical (unpaired) electrons. The van der Waals surface area contributed by atoms with Crippen molar-refractivity contribution in [2.24, 2.45) is 0 Å². The molecule has 1 N–H and O–H groups in total. The van der Waals surface area contributed by atoms with Crippen molar-refractivity contribution in [3.63, 3.8) is 0 Å². The molecule has 0 heterocycles. The predicted octanol–water partition coefficient (Wildman–Crippen LogP) is -0.638. The summed E-state index contributed by atoms with van der Waals surface area (Å²) in [6.07, 6.45) is 9.76. The smallest absolute Gasteiger partial charge is 0.0912 e. The summed E-state index contributed by atoms with van der Waals surface area (Å²) >= 11 is 0. The molecule has 2 nitrogen and oxygen atoms in total. The Morgan fingerprint density at radius 1 is 1.38 bits per heavy atom. The molecule has 0 amide bonds. The van der Waals surface area contributed by atoms with Crippen LogP contribution in [-0.4, -0.2) is 13.1 Å². The first kappa shape index (κ1) is 7.04. The van der Waals surface area contributed by atoms with Crippen LogP contribution in [0.5, 0.6) is 0 Å². The van der Waals surface area contributed by atoms with Crippen LogP contribution in [0.25, 0.3) is 0 Å². The highest BCUT2D eigenvalue weighted by molar-refractivity contribution is 4.88. The SMILES string of the molecule is C#CC[N]NCC#C. The molecule has 0 fully saturated rings. The number of terminal acetylenes is 2. The lowest BCUT2D eigenvalue weighted by molar-refractivity contribution is 0.608. The van der Waals surface area contributed by atoms with Crippen molar-refractivity contribution in [2.45, 2.75) is 0 Å². The molecule has 0 aliphatic carbocycles. The molecule has 0 bridgehead atoms. The minimum absolute atomic E-state index is 0.377. The second-order valence-electron chi connectivity index (χ2n) is 1.06. The zero-order valence-electron chi connectivity index (χ0n) is 4.52. The monoisotopic (exact) mass is 107 g/mol. The van der Waals surface area contributed by atoms with E-state index in [1.807, 2.05) is 0 Å². The van der Waals surface area contributed by atoms with Gasteiger partial charge in [-0.05, 0) is 0 Å². The van der Waals surface area contributed by atoms with Crippen molar-refractivity contribution in [1.82, 2.24) is 10.9 Å². The Balaban J connectivity index is 2.77. The highest BCUT2D eigenvalue weighted by atomic mass is 15.3. The summed E-state index contributed by atoms with van der Waals surface area (Å²) in [7, 11) is 0. The molecule has 0 saturated carbocycles. The fraction of sp³-hybridized carbons (Fsp3) is 0.333. The van der Waals surface area contributed by atoms with Crippen molar-refractivity contribution >= 4 is 0 Å². The van der Waals surface area contributed by atoms with E-state index in [0.29, 0.717) is 13.1 Å². The van der Waals surface area contributed by atoms with Crippen LogP contribution in [-0.2, 0) is 0 Å². The van der Waals surface area contributed by atoms with Gasteiger partial charge in [0, 0.05) is 0 Å². The summed E-state index contributed by atoms with van der Waals surface area (Å²) in [5, 5.41) is 0.